The largest absolute Gasteiger partial charge is 0.465 e. The molecular weight excluding hydrogens is 450 g/mol. The Labute approximate surface area is 199 Å². The molecular formula is C27H19NO5S. The number of carbonyl (C=O) groups excluding carboxylic acids is 3. The molecule has 3 aromatic carbocycles. The van der Waals surface area contributed by atoms with Gasteiger partial charge in [0.15, 0.2) is 0 Å². The van der Waals surface area contributed by atoms with Gasteiger partial charge in [-0.05, 0) is 52.4 Å². The SMILES string of the molecule is COC(=O)c1ccc(-c2ccc(/C=C3\SC(=O)N(Cc4cccc5ccccc45)C3=O)o2)cc1. The van der Waals surface area contributed by atoms with Crippen LogP contribution in [0.25, 0.3) is 28.2 Å². The second kappa shape index (κ2) is 9.03. The summed E-state index contributed by atoms with van der Waals surface area (Å²) in [6, 6.07) is 24.1. The van der Waals surface area contributed by atoms with Gasteiger partial charge in [-0.1, -0.05) is 54.6 Å². The third-order valence-corrected chi connectivity index (χ3v) is 6.48. The third-order valence-electron chi connectivity index (χ3n) is 5.57. The van der Waals surface area contributed by atoms with E-state index in [-0.39, 0.29) is 17.7 Å². The summed E-state index contributed by atoms with van der Waals surface area (Å²) in [6.45, 7) is 0.208. The van der Waals surface area contributed by atoms with E-state index in [0.29, 0.717) is 22.0 Å². The van der Waals surface area contributed by atoms with Crippen molar-refractivity contribution in [1.29, 1.82) is 0 Å². The fraction of sp³-hybridized carbons (Fsp3) is 0.0741. The van der Waals surface area contributed by atoms with E-state index in [4.69, 9.17) is 9.15 Å². The molecule has 0 unspecified atom stereocenters. The van der Waals surface area contributed by atoms with Gasteiger partial charge in [0.25, 0.3) is 11.1 Å². The zero-order valence-electron chi connectivity index (χ0n) is 18.2. The lowest BCUT2D eigenvalue weighted by Gasteiger charge is -2.14. The Kier molecular flexibility index (Phi) is 5.77. The van der Waals surface area contributed by atoms with Crippen LogP contribution in [0.3, 0.4) is 0 Å². The molecule has 0 saturated carbocycles. The summed E-state index contributed by atoms with van der Waals surface area (Å²) in [6.07, 6.45) is 1.58. The molecule has 5 rings (SSSR count). The highest BCUT2D eigenvalue weighted by Crippen LogP contribution is 2.35. The van der Waals surface area contributed by atoms with Gasteiger partial charge in [0, 0.05) is 11.6 Å². The number of nitrogens with zero attached hydrogens (tertiary/aromatic N) is 1. The summed E-state index contributed by atoms with van der Waals surface area (Å²) in [5, 5.41) is 1.77. The van der Waals surface area contributed by atoms with Crippen LogP contribution in [0.15, 0.2) is 88.2 Å². The van der Waals surface area contributed by atoms with Crippen molar-refractivity contribution in [2.45, 2.75) is 6.54 Å². The number of hydrogen-bond acceptors (Lipinski definition) is 6. The number of ether oxygens (including phenoxy) is 1. The molecule has 1 fully saturated rings. The molecule has 0 N–H and O–H groups in total. The van der Waals surface area contributed by atoms with Crippen LogP contribution < -0.4 is 0 Å². The standard InChI is InChI=1S/C27H19NO5S/c1-32-26(30)19-11-9-18(10-12-19)23-14-13-21(33-23)15-24-25(29)28(27(31)34-24)16-20-7-4-6-17-5-2-3-8-22(17)20/h2-15H,16H2,1H3/b24-15-. The van der Waals surface area contributed by atoms with Gasteiger partial charge in [0.1, 0.15) is 11.5 Å². The van der Waals surface area contributed by atoms with Crippen LogP contribution in [0.5, 0.6) is 0 Å². The van der Waals surface area contributed by atoms with Crippen LogP contribution >= 0.6 is 11.8 Å². The summed E-state index contributed by atoms with van der Waals surface area (Å²) in [7, 11) is 1.33. The van der Waals surface area contributed by atoms with Crippen molar-refractivity contribution in [1.82, 2.24) is 4.90 Å². The Balaban J connectivity index is 1.35. The van der Waals surface area contributed by atoms with Crippen molar-refractivity contribution in [2.24, 2.45) is 0 Å². The number of rotatable bonds is 5. The zero-order chi connectivity index (χ0) is 23.7. The highest BCUT2D eigenvalue weighted by molar-refractivity contribution is 8.18. The number of benzene rings is 3. The Morgan fingerprint density at radius 1 is 0.971 bits per heavy atom. The maximum absolute atomic E-state index is 13.0. The van der Waals surface area contributed by atoms with E-state index in [9.17, 15) is 14.4 Å². The smallest absolute Gasteiger partial charge is 0.337 e. The van der Waals surface area contributed by atoms with E-state index in [0.717, 1.165) is 33.7 Å². The number of esters is 1. The normalized spacial score (nSPS) is 14.9. The molecule has 0 bridgehead atoms. The molecule has 168 valence electrons. The molecule has 1 aliphatic rings. The number of methoxy groups -OCH3 is 1. The fourth-order valence-corrected chi connectivity index (χ4v) is 4.66. The molecule has 1 aromatic heterocycles. The average Bonchev–Trinajstić information content (AvgIpc) is 3.44. The van der Waals surface area contributed by atoms with Gasteiger partial charge in [-0.3, -0.25) is 14.5 Å². The minimum Gasteiger partial charge on any atom is -0.465 e. The highest BCUT2D eigenvalue weighted by atomic mass is 32.2. The van der Waals surface area contributed by atoms with Crippen molar-refractivity contribution < 1.29 is 23.5 Å². The number of imide groups is 1. The van der Waals surface area contributed by atoms with Gasteiger partial charge in [0.2, 0.25) is 0 Å². The lowest BCUT2D eigenvalue weighted by Crippen LogP contribution is -2.27. The summed E-state index contributed by atoms with van der Waals surface area (Å²) in [5.74, 6) is 0.287. The van der Waals surface area contributed by atoms with Crippen molar-refractivity contribution in [2.75, 3.05) is 7.11 Å². The first kappa shape index (κ1) is 21.7. The second-order valence-corrected chi connectivity index (χ2v) is 8.67. The van der Waals surface area contributed by atoms with Crippen molar-refractivity contribution in [3.05, 3.63) is 101 Å². The highest BCUT2D eigenvalue weighted by Gasteiger charge is 2.35. The topological polar surface area (TPSA) is 76.8 Å². The van der Waals surface area contributed by atoms with Crippen LogP contribution in [0, 0.1) is 0 Å². The molecule has 0 spiro atoms. The van der Waals surface area contributed by atoms with E-state index in [1.54, 1.807) is 42.5 Å². The fourth-order valence-electron chi connectivity index (χ4n) is 3.84. The van der Waals surface area contributed by atoms with Gasteiger partial charge in [-0.15, -0.1) is 0 Å². The maximum atomic E-state index is 13.0. The first-order valence-electron chi connectivity index (χ1n) is 10.5. The van der Waals surface area contributed by atoms with Crippen molar-refractivity contribution in [3.63, 3.8) is 0 Å². The van der Waals surface area contributed by atoms with Crippen LogP contribution in [-0.2, 0) is 16.1 Å². The molecule has 2 amide bonds. The molecule has 0 aliphatic carbocycles. The monoisotopic (exact) mass is 469 g/mol. The number of hydrogen-bond donors (Lipinski definition) is 0. The second-order valence-electron chi connectivity index (χ2n) is 7.68. The van der Waals surface area contributed by atoms with Gasteiger partial charge in [-0.2, -0.15) is 0 Å². The number of amides is 2. The van der Waals surface area contributed by atoms with Crippen molar-refractivity contribution in [3.8, 4) is 11.3 Å². The Hall–Kier alpha value is -4.10. The van der Waals surface area contributed by atoms with Crippen LogP contribution in [-0.4, -0.2) is 29.1 Å². The Morgan fingerprint density at radius 2 is 1.74 bits per heavy atom. The number of fused-ring (bicyclic) bond motifs is 1. The van der Waals surface area contributed by atoms with Gasteiger partial charge >= 0.3 is 5.97 Å². The summed E-state index contributed by atoms with van der Waals surface area (Å²) in [4.78, 5) is 38.8. The van der Waals surface area contributed by atoms with Crippen LogP contribution in [0.4, 0.5) is 4.79 Å². The molecule has 7 heteroatoms. The maximum Gasteiger partial charge on any atom is 0.337 e. The molecule has 0 radical (unpaired) electrons. The quantitative estimate of drug-likeness (QED) is 0.259. The lowest BCUT2D eigenvalue weighted by molar-refractivity contribution is -0.123. The number of furan rings is 1. The predicted molar refractivity (Wildman–Crippen MR) is 131 cm³/mol. The minimum atomic E-state index is -0.411. The van der Waals surface area contributed by atoms with E-state index in [1.165, 1.54) is 12.0 Å². The molecule has 2 heterocycles. The van der Waals surface area contributed by atoms with Crippen LogP contribution in [0.1, 0.15) is 21.7 Å². The van der Waals surface area contributed by atoms with E-state index >= 15 is 0 Å². The molecule has 6 nitrogen and oxygen atoms in total. The average molecular weight is 470 g/mol. The summed E-state index contributed by atoms with van der Waals surface area (Å²) in [5.41, 5.74) is 2.13. The van der Waals surface area contributed by atoms with Gasteiger partial charge in [-0.25, -0.2) is 4.79 Å². The molecule has 1 aliphatic heterocycles. The molecule has 4 aromatic rings. The molecule has 34 heavy (non-hydrogen) atoms. The van der Waals surface area contributed by atoms with Crippen LogP contribution in [0.2, 0.25) is 0 Å². The summed E-state index contributed by atoms with van der Waals surface area (Å²) < 4.78 is 10.6. The summed E-state index contributed by atoms with van der Waals surface area (Å²) >= 11 is 0.901. The van der Waals surface area contributed by atoms with E-state index < -0.39 is 5.97 Å². The first-order chi connectivity index (χ1) is 16.5. The molecule has 0 atom stereocenters. The Bertz CT molecular complexity index is 1450. The lowest BCUT2D eigenvalue weighted by atomic mass is 10.0. The predicted octanol–water partition coefficient (Wildman–Crippen LogP) is 6.12. The van der Waals surface area contributed by atoms with Crippen molar-refractivity contribution >= 4 is 45.7 Å². The Morgan fingerprint density at radius 3 is 2.53 bits per heavy atom. The number of thioether (sulfide) groups is 1. The van der Waals surface area contributed by atoms with Gasteiger partial charge in [0.05, 0.1) is 24.1 Å². The van der Waals surface area contributed by atoms with E-state index in [1.807, 2.05) is 42.5 Å². The molecule has 1 saturated heterocycles. The number of carbonyl (C=O) groups is 3. The van der Waals surface area contributed by atoms with Gasteiger partial charge < -0.3 is 9.15 Å². The zero-order valence-corrected chi connectivity index (χ0v) is 19.0. The minimum absolute atomic E-state index is 0.208. The first-order valence-corrected chi connectivity index (χ1v) is 11.4. The third kappa shape index (κ3) is 4.13. The van der Waals surface area contributed by atoms with E-state index in [2.05, 4.69) is 0 Å².